The Morgan fingerprint density at radius 1 is 1.33 bits per heavy atom. The minimum absolute atomic E-state index is 0.0801. The Bertz CT molecular complexity index is 445. The molecule has 9 heteroatoms. The fourth-order valence-electron chi connectivity index (χ4n) is 2.17. The van der Waals surface area contributed by atoms with Crippen molar-refractivity contribution in [3.8, 4) is 0 Å². The molecule has 1 rings (SSSR count). The van der Waals surface area contributed by atoms with Gasteiger partial charge in [0, 0.05) is 39.5 Å². The lowest BCUT2D eigenvalue weighted by atomic mass is 10.1. The molecule has 1 aliphatic rings. The van der Waals surface area contributed by atoms with Gasteiger partial charge in [0.05, 0.1) is 6.61 Å². The first kappa shape index (κ1) is 17.0. The summed E-state index contributed by atoms with van der Waals surface area (Å²) in [6.45, 7) is 5.74. The van der Waals surface area contributed by atoms with Gasteiger partial charge in [-0.3, -0.25) is 19.4 Å². The van der Waals surface area contributed by atoms with Crippen molar-refractivity contribution in [3.63, 3.8) is 0 Å². The number of ether oxygens (including phenoxy) is 1. The van der Waals surface area contributed by atoms with Crippen molar-refractivity contribution in [1.29, 1.82) is 0 Å². The average Bonchev–Trinajstić information content (AvgIpc) is 2.87. The van der Waals surface area contributed by atoms with Crippen LogP contribution in [0.1, 0.15) is 27.2 Å². The molecular weight excluding hydrogens is 280 g/mol. The molecule has 1 fully saturated rings. The zero-order valence-corrected chi connectivity index (χ0v) is 12.4. The van der Waals surface area contributed by atoms with Gasteiger partial charge >= 0.3 is 0 Å². The molecule has 0 N–H and O–H groups in total. The van der Waals surface area contributed by atoms with Gasteiger partial charge in [0.2, 0.25) is 11.8 Å². The van der Waals surface area contributed by atoms with Crippen LogP contribution < -0.4 is 0 Å². The molecule has 21 heavy (non-hydrogen) atoms. The number of guanidine groups is 1. The second kappa shape index (κ2) is 7.67. The van der Waals surface area contributed by atoms with E-state index in [4.69, 9.17) is 4.74 Å². The molecule has 1 aliphatic heterocycles. The Hall–Kier alpha value is -2.03. The minimum Gasteiger partial charge on any atom is -0.381 e. The van der Waals surface area contributed by atoms with Gasteiger partial charge in [0.1, 0.15) is 5.10 Å². The monoisotopic (exact) mass is 300 g/mol. The van der Waals surface area contributed by atoms with E-state index in [-0.39, 0.29) is 25.0 Å². The van der Waals surface area contributed by atoms with E-state index in [1.807, 2.05) is 0 Å². The van der Waals surface area contributed by atoms with Crippen LogP contribution in [0.5, 0.6) is 0 Å². The second-order valence-electron chi connectivity index (χ2n) is 4.76. The predicted molar refractivity (Wildman–Crippen MR) is 73.8 cm³/mol. The fraction of sp³-hybridized carbons (Fsp3) is 0.750. The van der Waals surface area contributed by atoms with Crippen LogP contribution >= 0.6 is 0 Å². The van der Waals surface area contributed by atoms with Crippen LogP contribution in [0.3, 0.4) is 0 Å². The summed E-state index contributed by atoms with van der Waals surface area (Å²) in [6.07, 6.45) is 0.766. The van der Waals surface area contributed by atoms with E-state index < -0.39 is 16.8 Å². The number of hydrogen-bond donors (Lipinski definition) is 0. The standard InChI is InChI=1S/C12H20N4O5/c1-4-14(9(2)17)12(13-16(19)20)15(10(3)18)7-11-5-6-21-8-11/h11H,4-8H2,1-3H3/b13-12+. The van der Waals surface area contributed by atoms with Crippen molar-refractivity contribution >= 4 is 17.8 Å². The van der Waals surface area contributed by atoms with Crippen LogP contribution in [0.2, 0.25) is 0 Å². The second-order valence-corrected chi connectivity index (χ2v) is 4.76. The van der Waals surface area contributed by atoms with Crippen molar-refractivity contribution in [1.82, 2.24) is 9.80 Å². The molecular formula is C12H20N4O5. The van der Waals surface area contributed by atoms with Crippen LogP contribution in [0.4, 0.5) is 0 Å². The summed E-state index contributed by atoms with van der Waals surface area (Å²) in [7, 11) is 0. The predicted octanol–water partition coefficient (Wildman–Crippen LogP) is 0.287. The van der Waals surface area contributed by atoms with E-state index in [0.717, 1.165) is 11.3 Å². The molecule has 0 aromatic carbocycles. The fourth-order valence-corrected chi connectivity index (χ4v) is 2.17. The highest BCUT2D eigenvalue weighted by Gasteiger charge is 2.30. The average molecular weight is 300 g/mol. The first-order chi connectivity index (χ1) is 9.86. The first-order valence-corrected chi connectivity index (χ1v) is 6.73. The summed E-state index contributed by atoms with van der Waals surface area (Å²) in [5.74, 6) is -0.972. The molecule has 0 bridgehead atoms. The summed E-state index contributed by atoms with van der Waals surface area (Å²) in [6, 6.07) is 0. The van der Waals surface area contributed by atoms with Gasteiger partial charge in [-0.1, -0.05) is 0 Å². The van der Waals surface area contributed by atoms with Crippen molar-refractivity contribution < 1.29 is 19.4 Å². The third-order valence-corrected chi connectivity index (χ3v) is 3.20. The van der Waals surface area contributed by atoms with Gasteiger partial charge < -0.3 is 4.74 Å². The summed E-state index contributed by atoms with van der Waals surface area (Å²) in [5.41, 5.74) is 0. The largest absolute Gasteiger partial charge is 0.381 e. The van der Waals surface area contributed by atoms with Crippen molar-refractivity contribution in [3.05, 3.63) is 10.1 Å². The quantitative estimate of drug-likeness (QED) is 0.321. The van der Waals surface area contributed by atoms with Crippen LogP contribution in [0.15, 0.2) is 5.10 Å². The van der Waals surface area contributed by atoms with E-state index in [2.05, 4.69) is 5.10 Å². The SMILES string of the molecule is CCN(C(C)=O)/C(=N\[N+](=O)[O-])N(CC1CCOC1)C(C)=O. The van der Waals surface area contributed by atoms with Crippen LogP contribution in [-0.2, 0) is 14.3 Å². The van der Waals surface area contributed by atoms with Crippen LogP contribution in [0.25, 0.3) is 0 Å². The Kier molecular flexibility index (Phi) is 6.22. The highest BCUT2D eigenvalue weighted by Crippen LogP contribution is 2.15. The number of carbonyl (C=O) groups excluding carboxylic acids is 2. The molecule has 0 radical (unpaired) electrons. The van der Waals surface area contributed by atoms with Gasteiger partial charge in [-0.2, -0.15) is 0 Å². The molecule has 0 saturated carbocycles. The van der Waals surface area contributed by atoms with Gasteiger partial charge in [0.15, 0.2) is 5.03 Å². The number of hydrazone groups is 1. The Labute approximate surface area is 122 Å². The van der Waals surface area contributed by atoms with Gasteiger partial charge in [-0.25, -0.2) is 10.1 Å². The molecule has 1 unspecified atom stereocenters. The van der Waals surface area contributed by atoms with Crippen molar-refractivity contribution in [2.45, 2.75) is 27.2 Å². The molecule has 1 heterocycles. The molecule has 1 atom stereocenters. The highest BCUT2D eigenvalue weighted by atomic mass is 16.7. The normalized spacial score (nSPS) is 18.4. The third-order valence-electron chi connectivity index (χ3n) is 3.20. The van der Waals surface area contributed by atoms with E-state index >= 15 is 0 Å². The lowest BCUT2D eigenvalue weighted by Gasteiger charge is -2.29. The van der Waals surface area contributed by atoms with Crippen LogP contribution in [0, 0.1) is 16.0 Å². The zero-order valence-electron chi connectivity index (χ0n) is 12.4. The summed E-state index contributed by atoms with van der Waals surface area (Å²) < 4.78 is 5.24. The van der Waals surface area contributed by atoms with Gasteiger partial charge in [-0.15, -0.1) is 0 Å². The van der Waals surface area contributed by atoms with Crippen molar-refractivity contribution in [2.24, 2.45) is 11.0 Å². The van der Waals surface area contributed by atoms with E-state index in [1.165, 1.54) is 18.7 Å². The third kappa shape index (κ3) is 4.78. The molecule has 0 aromatic heterocycles. The summed E-state index contributed by atoms with van der Waals surface area (Å²) in [5, 5.41) is 13.1. The highest BCUT2D eigenvalue weighted by molar-refractivity contribution is 6.03. The number of carbonyl (C=O) groups is 2. The maximum atomic E-state index is 11.8. The molecule has 2 amide bonds. The lowest BCUT2D eigenvalue weighted by molar-refractivity contribution is -0.486. The summed E-state index contributed by atoms with van der Waals surface area (Å²) in [4.78, 5) is 36.5. The number of nitro groups is 1. The molecule has 0 spiro atoms. The number of amides is 2. The number of rotatable bonds is 4. The molecule has 0 aromatic rings. The van der Waals surface area contributed by atoms with E-state index in [9.17, 15) is 19.7 Å². The van der Waals surface area contributed by atoms with Gasteiger partial charge in [-0.05, 0) is 13.3 Å². The van der Waals surface area contributed by atoms with E-state index in [1.54, 1.807) is 6.92 Å². The van der Waals surface area contributed by atoms with Crippen molar-refractivity contribution in [2.75, 3.05) is 26.3 Å². The molecule has 0 aliphatic carbocycles. The maximum Gasteiger partial charge on any atom is 0.287 e. The lowest BCUT2D eigenvalue weighted by Crippen LogP contribution is -2.50. The Morgan fingerprint density at radius 3 is 2.33 bits per heavy atom. The zero-order chi connectivity index (χ0) is 16.0. The summed E-state index contributed by atoms with van der Waals surface area (Å²) >= 11 is 0. The van der Waals surface area contributed by atoms with E-state index in [0.29, 0.717) is 13.2 Å². The molecule has 118 valence electrons. The maximum absolute atomic E-state index is 11.8. The number of nitrogens with zero attached hydrogens (tertiary/aromatic N) is 4. The topological polar surface area (TPSA) is 105 Å². The first-order valence-electron chi connectivity index (χ1n) is 6.73. The minimum atomic E-state index is -0.901. The molecule has 9 nitrogen and oxygen atoms in total. The number of hydrogen-bond acceptors (Lipinski definition) is 5. The van der Waals surface area contributed by atoms with Crippen LogP contribution in [-0.4, -0.2) is 58.9 Å². The molecule has 1 saturated heterocycles. The Morgan fingerprint density at radius 2 is 1.95 bits per heavy atom. The smallest absolute Gasteiger partial charge is 0.287 e. The van der Waals surface area contributed by atoms with Gasteiger partial charge in [0.25, 0.3) is 5.96 Å². The Balaban J connectivity index is 3.07.